The van der Waals surface area contributed by atoms with E-state index in [1.807, 2.05) is 36.4 Å². The molecule has 3 unspecified atom stereocenters. The minimum atomic E-state index is -1.14. The molecule has 0 aliphatic carbocycles. The summed E-state index contributed by atoms with van der Waals surface area (Å²) in [6.45, 7) is 0.739. The molecule has 1 amide bonds. The van der Waals surface area contributed by atoms with Crippen LogP contribution in [-0.4, -0.2) is 36.3 Å². The van der Waals surface area contributed by atoms with E-state index < -0.39 is 11.5 Å². The van der Waals surface area contributed by atoms with Gasteiger partial charge in [-0.1, -0.05) is 53.5 Å². The number of hydrogen-bond donors (Lipinski definition) is 1. The van der Waals surface area contributed by atoms with Gasteiger partial charge in [0.1, 0.15) is 11.3 Å². The Balaban J connectivity index is 1.62. The molecule has 2 saturated heterocycles. The quantitative estimate of drug-likeness (QED) is 0.446. The number of anilines is 1. The second kappa shape index (κ2) is 8.37. The summed E-state index contributed by atoms with van der Waals surface area (Å²) in [5.41, 5.74) is 1.89. The molecule has 4 atom stereocenters. The van der Waals surface area contributed by atoms with Gasteiger partial charge in [-0.2, -0.15) is 0 Å². The van der Waals surface area contributed by atoms with Crippen molar-refractivity contribution in [1.82, 2.24) is 4.90 Å². The van der Waals surface area contributed by atoms with Gasteiger partial charge in [-0.25, -0.2) is 0 Å². The molecule has 0 bridgehead atoms. The molecule has 35 heavy (non-hydrogen) atoms. The SMILES string of the molecule is COc1ccc2c(c1)[C@]1(C(=O)N2)C(C(=O)c2ccc(Cl)c(Cl)c2)C(c2ccccc2)C2CCCN21. The average molecular weight is 507 g/mol. The van der Waals surface area contributed by atoms with Gasteiger partial charge in [-0.3, -0.25) is 14.5 Å². The number of benzene rings is 3. The molecule has 5 nitrogen and oxygen atoms in total. The Hall–Kier alpha value is -2.86. The van der Waals surface area contributed by atoms with E-state index >= 15 is 0 Å². The zero-order valence-electron chi connectivity index (χ0n) is 19.1. The first-order valence-corrected chi connectivity index (χ1v) is 12.5. The highest BCUT2D eigenvalue weighted by Gasteiger charge is 2.69. The third kappa shape index (κ3) is 3.18. The molecule has 1 spiro atoms. The largest absolute Gasteiger partial charge is 0.497 e. The van der Waals surface area contributed by atoms with E-state index in [2.05, 4.69) is 22.3 Å². The summed E-state index contributed by atoms with van der Waals surface area (Å²) in [6, 6.07) is 20.7. The minimum Gasteiger partial charge on any atom is -0.497 e. The Bertz CT molecular complexity index is 1350. The van der Waals surface area contributed by atoms with Gasteiger partial charge in [-0.05, 0) is 61.3 Å². The Morgan fingerprint density at radius 2 is 1.86 bits per heavy atom. The molecule has 7 heteroatoms. The van der Waals surface area contributed by atoms with Crippen molar-refractivity contribution in [2.45, 2.75) is 30.3 Å². The summed E-state index contributed by atoms with van der Waals surface area (Å²) < 4.78 is 5.53. The lowest BCUT2D eigenvalue weighted by molar-refractivity contribution is -0.127. The predicted octanol–water partition coefficient (Wildman–Crippen LogP) is 5.91. The van der Waals surface area contributed by atoms with Gasteiger partial charge in [0.15, 0.2) is 5.78 Å². The summed E-state index contributed by atoms with van der Waals surface area (Å²) in [7, 11) is 1.61. The lowest BCUT2D eigenvalue weighted by atomic mass is 9.69. The zero-order valence-corrected chi connectivity index (χ0v) is 20.6. The third-order valence-electron chi connectivity index (χ3n) is 7.88. The summed E-state index contributed by atoms with van der Waals surface area (Å²) in [4.78, 5) is 30.8. The van der Waals surface area contributed by atoms with Crippen LogP contribution in [0.15, 0.2) is 66.7 Å². The fourth-order valence-electron chi connectivity index (χ4n) is 6.54. The van der Waals surface area contributed by atoms with Crippen LogP contribution < -0.4 is 10.1 Å². The number of methoxy groups -OCH3 is 1. The van der Waals surface area contributed by atoms with Gasteiger partial charge in [0.25, 0.3) is 0 Å². The van der Waals surface area contributed by atoms with Gasteiger partial charge in [0, 0.05) is 28.8 Å². The van der Waals surface area contributed by atoms with Gasteiger partial charge >= 0.3 is 0 Å². The molecule has 0 saturated carbocycles. The summed E-state index contributed by atoms with van der Waals surface area (Å²) in [6.07, 6.45) is 1.88. The number of amides is 1. The predicted molar refractivity (Wildman–Crippen MR) is 136 cm³/mol. The van der Waals surface area contributed by atoms with Crippen LogP contribution >= 0.6 is 23.2 Å². The second-order valence-corrected chi connectivity index (χ2v) is 10.3. The smallest absolute Gasteiger partial charge is 0.250 e. The highest BCUT2D eigenvalue weighted by molar-refractivity contribution is 6.42. The van der Waals surface area contributed by atoms with Crippen molar-refractivity contribution >= 4 is 40.6 Å². The highest BCUT2D eigenvalue weighted by atomic mass is 35.5. The first-order valence-electron chi connectivity index (χ1n) is 11.8. The number of hydrogen-bond acceptors (Lipinski definition) is 4. The number of Topliss-reactive ketones (excluding diaryl/α,β-unsaturated/α-hetero) is 1. The summed E-state index contributed by atoms with van der Waals surface area (Å²) in [5, 5.41) is 3.79. The van der Waals surface area contributed by atoms with E-state index in [0.29, 0.717) is 21.4 Å². The maximum Gasteiger partial charge on any atom is 0.250 e. The van der Waals surface area contributed by atoms with Crippen molar-refractivity contribution in [3.63, 3.8) is 0 Å². The van der Waals surface area contributed by atoms with E-state index in [1.54, 1.807) is 25.3 Å². The molecule has 3 aliphatic heterocycles. The molecule has 3 aliphatic rings. The molecule has 3 aromatic rings. The average Bonchev–Trinajstić information content (AvgIpc) is 3.53. The number of carbonyl (C=O) groups excluding carboxylic acids is 2. The Kier molecular flexibility index (Phi) is 5.40. The van der Waals surface area contributed by atoms with E-state index in [9.17, 15) is 9.59 Å². The standard InChI is InChI=1S/C28H24Cl2N2O3/c1-35-18-10-12-22-19(15-18)28(27(34)31-22)25(26(33)17-9-11-20(29)21(30)14-17)24(16-6-3-2-4-7-16)23-8-5-13-32(23)28/h2-4,6-7,9-12,14-15,23-25H,5,8,13H2,1H3,(H,31,34)/t23?,24?,25?,28-/m1/s1. The van der Waals surface area contributed by atoms with Crippen LogP contribution in [0.1, 0.15) is 40.2 Å². The zero-order chi connectivity index (χ0) is 24.3. The normalized spacial score (nSPS) is 27.1. The van der Waals surface area contributed by atoms with Gasteiger partial charge in [0.05, 0.1) is 23.1 Å². The summed E-state index contributed by atoms with van der Waals surface area (Å²) in [5.74, 6) is -0.439. The van der Waals surface area contributed by atoms with Gasteiger partial charge in [0.2, 0.25) is 5.91 Å². The topological polar surface area (TPSA) is 58.6 Å². The number of nitrogens with one attached hydrogen (secondary N) is 1. The third-order valence-corrected chi connectivity index (χ3v) is 8.62. The van der Waals surface area contributed by atoms with E-state index in [1.165, 1.54) is 0 Å². The van der Waals surface area contributed by atoms with Crippen LogP contribution in [0.25, 0.3) is 0 Å². The number of ketones is 1. The highest BCUT2D eigenvalue weighted by Crippen LogP contribution is 2.61. The van der Waals surface area contributed by atoms with E-state index in [4.69, 9.17) is 27.9 Å². The van der Waals surface area contributed by atoms with Crippen LogP contribution in [0.3, 0.4) is 0 Å². The monoisotopic (exact) mass is 506 g/mol. The Labute approximate surface area is 214 Å². The molecule has 0 aromatic heterocycles. The molecular formula is C28H24Cl2N2O3. The molecule has 3 aromatic carbocycles. The van der Waals surface area contributed by atoms with Crippen molar-refractivity contribution < 1.29 is 14.3 Å². The molecular weight excluding hydrogens is 483 g/mol. The molecule has 6 rings (SSSR count). The number of halogens is 2. The lowest BCUT2D eigenvalue weighted by Gasteiger charge is -2.37. The molecule has 3 heterocycles. The number of carbonyl (C=O) groups is 2. The Morgan fingerprint density at radius 1 is 1.06 bits per heavy atom. The fourth-order valence-corrected chi connectivity index (χ4v) is 6.84. The van der Waals surface area contributed by atoms with Crippen molar-refractivity contribution in [1.29, 1.82) is 0 Å². The maximum atomic E-state index is 14.5. The number of ether oxygens (including phenoxy) is 1. The fraction of sp³-hybridized carbons (Fsp3) is 0.286. The molecule has 1 N–H and O–H groups in total. The Morgan fingerprint density at radius 3 is 2.60 bits per heavy atom. The first-order chi connectivity index (χ1) is 17.0. The van der Waals surface area contributed by atoms with Gasteiger partial charge in [-0.15, -0.1) is 0 Å². The maximum absolute atomic E-state index is 14.5. The van der Waals surface area contributed by atoms with Crippen molar-refractivity contribution in [3.8, 4) is 5.75 Å². The molecule has 2 fully saturated rings. The van der Waals surface area contributed by atoms with Crippen molar-refractivity contribution in [2.75, 3.05) is 19.0 Å². The number of rotatable bonds is 4. The van der Waals surface area contributed by atoms with E-state index in [-0.39, 0.29) is 23.7 Å². The van der Waals surface area contributed by atoms with Crippen LogP contribution in [0.5, 0.6) is 5.75 Å². The van der Waals surface area contributed by atoms with Crippen LogP contribution in [0, 0.1) is 5.92 Å². The van der Waals surface area contributed by atoms with Gasteiger partial charge < -0.3 is 10.1 Å². The first kappa shape index (κ1) is 22.6. The van der Waals surface area contributed by atoms with Crippen LogP contribution in [0.2, 0.25) is 10.0 Å². The lowest BCUT2D eigenvalue weighted by Crippen LogP contribution is -2.52. The molecule has 178 valence electrons. The van der Waals surface area contributed by atoms with Crippen molar-refractivity contribution in [3.05, 3.63) is 93.5 Å². The van der Waals surface area contributed by atoms with Crippen LogP contribution in [-0.2, 0) is 10.3 Å². The van der Waals surface area contributed by atoms with Crippen LogP contribution in [0.4, 0.5) is 5.69 Å². The van der Waals surface area contributed by atoms with E-state index in [0.717, 1.165) is 36.2 Å². The summed E-state index contributed by atoms with van der Waals surface area (Å²) >= 11 is 12.5. The van der Waals surface area contributed by atoms with Crippen molar-refractivity contribution in [2.24, 2.45) is 5.92 Å². The second-order valence-electron chi connectivity index (χ2n) is 9.44. The number of fused-ring (bicyclic) bond motifs is 4. The number of nitrogens with zero attached hydrogens (tertiary/aromatic N) is 1. The molecule has 0 radical (unpaired) electrons. The minimum absolute atomic E-state index is 0.0528.